The van der Waals surface area contributed by atoms with Crippen LogP contribution in [0.25, 0.3) is 0 Å². The molecule has 0 aromatic heterocycles. The van der Waals surface area contributed by atoms with Crippen molar-refractivity contribution >= 4 is 41.2 Å². The maximum Gasteiger partial charge on any atom is 0.324 e. The van der Waals surface area contributed by atoms with Crippen molar-refractivity contribution in [3.8, 4) is 0 Å². The third-order valence-electron chi connectivity index (χ3n) is 3.27. The SMILES string of the molecule is NC(=O)[C@H]1CCCN1C(=O)NC(=O)CSc1ccc(Cl)cc1. The van der Waals surface area contributed by atoms with Gasteiger partial charge in [0.1, 0.15) is 6.04 Å². The van der Waals surface area contributed by atoms with E-state index < -0.39 is 23.9 Å². The Labute approximate surface area is 137 Å². The summed E-state index contributed by atoms with van der Waals surface area (Å²) in [4.78, 5) is 37.2. The predicted octanol–water partition coefficient (Wildman–Crippen LogP) is 1.62. The molecular formula is C14H16ClN3O3S. The number of nitrogens with one attached hydrogen (secondary N) is 1. The van der Waals surface area contributed by atoms with Crippen LogP contribution in [0.2, 0.25) is 5.02 Å². The molecule has 6 nitrogen and oxygen atoms in total. The molecule has 0 saturated carbocycles. The molecule has 1 aliphatic heterocycles. The summed E-state index contributed by atoms with van der Waals surface area (Å²) in [7, 11) is 0. The molecule has 0 spiro atoms. The fourth-order valence-electron chi connectivity index (χ4n) is 2.21. The fraction of sp³-hybridized carbons (Fsp3) is 0.357. The van der Waals surface area contributed by atoms with Gasteiger partial charge in [-0.15, -0.1) is 11.8 Å². The molecule has 2 rings (SSSR count). The minimum absolute atomic E-state index is 0.0997. The van der Waals surface area contributed by atoms with Gasteiger partial charge in [-0.05, 0) is 37.1 Å². The average Bonchev–Trinajstić information content (AvgIpc) is 2.96. The molecule has 0 radical (unpaired) electrons. The molecule has 1 fully saturated rings. The Bertz CT molecular complexity index is 579. The van der Waals surface area contributed by atoms with Gasteiger partial charge < -0.3 is 10.6 Å². The molecule has 22 heavy (non-hydrogen) atoms. The quantitative estimate of drug-likeness (QED) is 0.814. The van der Waals surface area contributed by atoms with E-state index in [1.54, 1.807) is 24.3 Å². The van der Waals surface area contributed by atoms with E-state index in [0.717, 1.165) is 4.90 Å². The first-order valence-corrected chi connectivity index (χ1v) is 8.12. The lowest BCUT2D eigenvalue weighted by atomic mass is 10.2. The van der Waals surface area contributed by atoms with Gasteiger partial charge in [-0.1, -0.05) is 11.6 Å². The molecule has 0 aliphatic carbocycles. The molecule has 1 atom stereocenters. The highest BCUT2D eigenvalue weighted by molar-refractivity contribution is 8.00. The van der Waals surface area contributed by atoms with Gasteiger partial charge in [0, 0.05) is 16.5 Å². The second kappa shape index (κ2) is 7.51. The largest absolute Gasteiger partial charge is 0.368 e. The summed E-state index contributed by atoms with van der Waals surface area (Å²) < 4.78 is 0. The first kappa shape index (κ1) is 16.6. The van der Waals surface area contributed by atoms with Gasteiger partial charge in [0.2, 0.25) is 11.8 Å². The Morgan fingerprint density at radius 3 is 2.64 bits per heavy atom. The van der Waals surface area contributed by atoms with Gasteiger partial charge >= 0.3 is 6.03 Å². The summed E-state index contributed by atoms with van der Waals surface area (Å²) in [5.74, 6) is -0.863. The van der Waals surface area contributed by atoms with Crippen LogP contribution in [0.15, 0.2) is 29.2 Å². The molecule has 1 saturated heterocycles. The number of nitrogens with two attached hydrogens (primary N) is 1. The first-order chi connectivity index (χ1) is 10.5. The van der Waals surface area contributed by atoms with Crippen LogP contribution in [0, 0.1) is 0 Å². The summed E-state index contributed by atoms with van der Waals surface area (Å²) >= 11 is 7.07. The van der Waals surface area contributed by atoms with Gasteiger partial charge in [0.25, 0.3) is 0 Å². The Hall–Kier alpha value is -1.73. The van der Waals surface area contributed by atoms with Crippen LogP contribution in [0.5, 0.6) is 0 Å². The number of benzene rings is 1. The topological polar surface area (TPSA) is 92.5 Å². The Morgan fingerprint density at radius 2 is 2.00 bits per heavy atom. The zero-order chi connectivity index (χ0) is 16.1. The van der Waals surface area contributed by atoms with Crippen LogP contribution < -0.4 is 11.1 Å². The molecule has 8 heteroatoms. The zero-order valence-corrected chi connectivity index (χ0v) is 13.3. The minimum Gasteiger partial charge on any atom is -0.368 e. The number of hydrogen-bond acceptors (Lipinski definition) is 4. The minimum atomic E-state index is -0.628. The van der Waals surface area contributed by atoms with E-state index in [0.29, 0.717) is 24.4 Å². The van der Waals surface area contributed by atoms with E-state index in [2.05, 4.69) is 5.32 Å². The number of likely N-dealkylation sites (tertiary alicyclic amines) is 1. The van der Waals surface area contributed by atoms with Crippen LogP contribution in [-0.2, 0) is 9.59 Å². The molecule has 1 aromatic carbocycles. The summed E-state index contributed by atoms with van der Waals surface area (Å²) in [6.07, 6.45) is 1.24. The molecule has 4 amide bonds. The van der Waals surface area contributed by atoms with E-state index in [1.807, 2.05) is 0 Å². The van der Waals surface area contributed by atoms with E-state index in [9.17, 15) is 14.4 Å². The smallest absolute Gasteiger partial charge is 0.324 e. The number of hydrogen-bond donors (Lipinski definition) is 2. The molecule has 118 valence electrons. The van der Waals surface area contributed by atoms with E-state index >= 15 is 0 Å². The number of carbonyl (C=O) groups excluding carboxylic acids is 3. The van der Waals surface area contributed by atoms with Crippen molar-refractivity contribution in [2.75, 3.05) is 12.3 Å². The van der Waals surface area contributed by atoms with Crippen molar-refractivity contribution in [2.24, 2.45) is 5.73 Å². The Kier molecular flexibility index (Phi) is 5.68. The number of urea groups is 1. The zero-order valence-electron chi connectivity index (χ0n) is 11.8. The molecule has 1 aliphatic rings. The maximum atomic E-state index is 12.0. The van der Waals surface area contributed by atoms with Crippen LogP contribution in [0.3, 0.4) is 0 Å². The Morgan fingerprint density at radius 1 is 1.32 bits per heavy atom. The number of rotatable bonds is 4. The lowest BCUT2D eigenvalue weighted by Crippen LogP contribution is -2.49. The normalized spacial score (nSPS) is 17.3. The lowest BCUT2D eigenvalue weighted by Gasteiger charge is -2.21. The third kappa shape index (κ3) is 4.38. The van der Waals surface area contributed by atoms with Gasteiger partial charge in [0.15, 0.2) is 0 Å². The molecule has 0 unspecified atom stereocenters. The number of primary amides is 1. The predicted molar refractivity (Wildman–Crippen MR) is 84.6 cm³/mol. The summed E-state index contributed by atoms with van der Waals surface area (Å²) in [6, 6.07) is 5.86. The van der Waals surface area contributed by atoms with Crippen molar-refractivity contribution in [1.82, 2.24) is 10.2 Å². The van der Waals surface area contributed by atoms with E-state index in [1.165, 1.54) is 16.7 Å². The first-order valence-electron chi connectivity index (χ1n) is 6.75. The number of amides is 4. The second-order valence-electron chi connectivity index (χ2n) is 4.85. The third-order valence-corrected chi connectivity index (χ3v) is 4.54. The number of nitrogens with zero attached hydrogens (tertiary/aromatic N) is 1. The van der Waals surface area contributed by atoms with Gasteiger partial charge in [-0.3, -0.25) is 14.9 Å². The second-order valence-corrected chi connectivity index (χ2v) is 6.33. The standard InChI is InChI=1S/C14H16ClN3O3S/c15-9-3-5-10(6-4-9)22-8-12(19)17-14(21)18-7-1-2-11(18)13(16)20/h3-6,11H,1-2,7-8H2,(H2,16,20)(H,17,19,21)/t11-/m1/s1. The van der Waals surface area contributed by atoms with Crippen LogP contribution in [-0.4, -0.2) is 41.1 Å². The summed E-state index contributed by atoms with van der Waals surface area (Å²) in [5, 5.41) is 2.90. The van der Waals surface area contributed by atoms with Gasteiger partial charge in [-0.25, -0.2) is 4.79 Å². The van der Waals surface area contributed by atoms with Crippen LogP contribution in [0.4, 0.5) is 4.79 Å². The number of thioether (sulfide) groups is 1. The molecule has 0 bridgehead atoms. The Balaban J connectivity index is 1.82. The van der Waals surface area contributed by atoms with E-state index in [-0.39, 0.29) is 5.75 Å². The van der Waals surface area contributed by atoms with Crippen molar-refractivity contribution in [3.63, 3.8) is 0 Å². The highest BCUT2D eigenvalue weighted by Gasteiger charge is 2.33. The van der Waals surface area contributed by atoms with Crippen molar-refractivity contribution in [1.29, 1.82) is 0 Å². The highest BCUT2D eigenvalue weighted by atomic mass is 35.5. The van der Waals surface area contributed by atoms with Crippen LogP contribution >= 0.6 is 23.4 Å². The number of carbonyl (C=O) groups is 3. The van der Waals surface area contributed by atoms with Crippen LogP contribution in [0.1, 0.15) is 12.8 Å². The summed E-state index contributed by atoms with van der Waals surface area (Å²) in [5.41, 5.74) is 5.24. The van der Waals surface area contributed by atoms with E-state index in [4.69, 9.17) is 17.3 Å². The molecular weight excluding hydrogens is 326 g/mol. The summed E-state index contributed by atoms with van der Waals surface area (Å²) in [6.45, 7) is 0.428. The lowest BCUT2D eigenvalue weighted by molar-refractivity contribution is -0.122. The fourth-order valence-corrected chi connectivity index (χ4v) is 3.04. The van der Waals surface area contributed by atoms with Crippen molar-refractivity contribution in [2.45, 2.75) is 23.8 Å². The molecule has 3 N–H and O–H groups in total. The molecule has 1 heterocycles. The number of imide groups is 1. The van der Waals surface area contributed by atoms with Crippen molar-refractivity contribution < 1.29 is 14.4 Å². The van der Waals surface area contributed by atoms with Crippen molar-refractivity contribution in [3.05, 3.63) is 29.3 Å². The highest BCUT2D eigenvalue weighted by Crippen LogP contribution is 2.20. The average molecular weight is 342 g/mol. The van der Waals surface area contributed by atoms with Gasteiger partial charge in [0.05, 0.1) is 5.75 Å². The monoisotopic (exact) mass is 341 g/mol. The van der Waals surface area contributed by atoms with Gasteiger partial charge in [-0.2, -0.15) is 0 Å². The molecule has 1 aromatic rings. The number of halogens is 1. The maximum absolute atomic E-state index is 12.0.